The van der Waals surface area contributed by atoms with Gasteiger partial charge < -0.3 is 10.6 Å². The summed E-state index contributed by atoms with van der Waals surface area (Å²) in [6.45, 7) is 3.84. The maximum Gasteiger partial charge on any atom is 0.323 e. The van der Waals surface area contributed by atoms with Crippen molar-refractivity contribution >= 4 is 33.1 Å². The van der Waals surface area contributed by atoms with Crippen molar-refractivity contribution in [2.45, 2.75) is 18.7 Å². The van der Waals surface area contributed by atoms with E-state index in [-0.39, 0.29) is 10.6 Å². The van der Waals surface area contributed by atoms with E-state index in [2.05, 4.69) is 15.4 Å². The van der Waals surface area contributed by atoms with Crippen molar-refractivity contribution in [1.82, 2.24) is 0 Å². The number of hydrogen-bond acceptors (Lipinski definition) is 3. The standard InChI is InChI=1S/C21H21N3O3S/c1-15-7-11-17(12-8-15)22-21(25)23-19-5-3-4-6-20(19)24-28(26,27)18-13-9-16(2)10-14-18/h3-14,24H,1-2H3,(H2,22,23,25). The number of amides is 2. The molecule has 0 aromatic heterocycles. The summed E-state index contributed by atoms with van der Waals surface area (Å²) in [6, 6.07) is 20.1. The lowest BCUT2D eigenvalue weighted by molar-refractivity contribution is 0.262. The number of carbonyl (C=O) groups excluding carboxylic acids is 1. The fraction of sp³-hybridized carbons (Fsp3) is 0.0952. The second kappa shape index (κ2) is 8.14. The molecule has 2 amide bonds. The minimum Gasteiger partial charge on any atom is -0.308 e. The van der Waals surface area contributed by atoms with Crippen molar-refractivity contribution in [2.24, 2.45) is 0 Å². The summed E-state index contributed by atoms with van der Waals surface area (Å²) in [7, 11) is -3.77. The van der Waals surface area contributed by atoms with Crippen molar-refractivity contribution in [3.8, 4) is 0 Å². The summed E-state index contributed by atoms with van der Waals surface area (Å²) in [4.78, 5) is 12.4. The van der Waals surface area contributed by atoms with Gasteiger partial charge in [0.25, 0.3) is 10.0 Å². The van der Waals surface area contributed by atoms with Crippen LogP contribution in [0, 0.1) is 13.8 Å². The highest BCUT2D eigenvalue weighted by molar-refractivity contribution is 7.92. The summed E-state index contributed by atoms with van der Waals surface area (Å²) < 4.78 is 27.8. The molecule has 0 unspecified atom stereocenters. The van der Waals surface area contributed by atoms with Gasteiger partial charge in [0.15, 0.2) is 0 Å². The number of para-hydroxylation sites is 2. The molecule has 0 spiro atoms. The van der Waals surface area contributed by atoms with E-state index in [1.54, 1.807) is 48.5 Å². The van der Waals surface area contributed by atoms with Crippen LogP contribution < -0.4 is 15.4 Å². The van der Waals surface area contributed by atoms with Crippen LogP contribution in [0.5, 0.6) is 0 Å². The number of aryl methyl sites for hydroxylation is 2. The third-order valence-corrected chi connectivity index (χ3v) is 5.44. The Morgan fingerprint density at radius 3 is 1.86 bits per heavy atom. The second-order valence-corrected chi connectivity index (χ2v) is 8.09. The molecule has 0 aliphatic carbocycles. The molecule has 0 fully saturated rings. The molecule has 3 rings (SSSR count). The molecule has 3 aromatic rings. The summed E-state index contributed by atoms with van der Waals surface area (Å²) in [5.74, 6) is 0. The van der Waals surface area contributed by atoms with Gasteiger partial charge in [-0.2, -0.15) is 0 Å². The number of benzene rings is 3. The van der Waals surface area contributed by atoms with Crippen molar-refractivity contribution in [2.75, 3.05) is 15.4 Å². The summed E-state index contributed by atoms with van der Waals surface area (Å²) in [5.41, 5.74) is 3.32. The Morgan fingerprint density at radius 1 is 0.714 bits per heavy atom. The first kappa shape index (κ1) is 19.4. The zero-order valence-corrected chi connectivity index (χ0v) is 16.4. The Hall–Kier alpha value is -3.32. The first-order valence-electron chi connectivity index (χ1n) is 8.67. The van der Waals surface area contributed by atoms with Gasteiger partial charge in [0, 0.05) is 5.69 Å². The third-order valence-electron chi connectivity index (χ3n) is 4.06. The Kier molecular flexibility index (Phi) is 5.65. The number of anilines is 3. The average Bonchev–Trinajstić information content (AvgIpc) is 2.65. The van der Waals surface area contributed by atoms with Gasteiger partial charge in [0.1, 0.15) is 0 Å². The minimum atomic E-state index is -3.77. The summed E-state index contributed by atoms with van der Waals surface area (Å²) >= 11 is 0. The maximum atomic E-state index is 12.6. The molecule has 28 heavy (non-hydrogen) atoms. The highest BCUT2D eigenvalue weighted by atomic mass is 32.2. The lowest BCUT2D eigenvalue weighted by Gasteiger charge is -2.14. The van der Waals surface area contributed by atoms with Crippen LogP contribution in [0.1, 0.15) is 11.1 Å². The fourth-order valence-electron chi connectivity index (χ4n) is 2.52. The SMILES string of the molecule is Cc1ccc(NC(=O)Nc2ccccc2NS(=O)(=O)c2ccc(C)cc2)cc1. The molecule has 0 saturated heterocycles. The molecule has 0 heterocycles. The molecule has 0 aliphatic heterocycles. The Morgan fingerprint density at radius 2 is 1.25 bits per heavy atom. The van der Waals surface area contributed by atoms with E-state index in [0.717, 1.165) is 11.1 Å². The van der Waals surface area contributed by atoms with Gasteiger partial charge in [-0.1, -0.05) is 47.5 Å². The molecule has 6 nitrogen and oxygen atoms in total. The van der Waals surface area contributed by atoms with Crippen LogP contribution in [0.2, 0.25) is 0 Å². The van der Waals surface area contributed by atoms with E-state index >= 15 is 0 Å². The highest BCUT2D eigenvalue weighted by Crippen LogP contribution is 2.25. The number of urea groups is 1. The number of carbonyl (C=O) groups is 1. The molecule has 7 heteroatoms. The molecular weight excluding hydrogens is 374 g/mol. The Bertz CT molecular complexity index is 1080. The maximum absolute atomic E-state index is 12.6. The van der Waals surface area contributed by atoms with Crippen molar-refractivity contribution in [1.29, 1.82) is 0 Å². The van der Waals surface area contributed by atoms with E-state index < -0.39 is 16.1 Å². The van der Waals surface area contributed by atoms with Gasteiger partial charge >= 0.3 is 6.03 Å². The van der Waals surface area contributed by atoms with Gasteiger partial charge in [0.2, 0.25) is 0 Å². The predicted molar refractivity (Wildman–Crippen MR) is 112 cm³/mol. The average molecular weight is 395 g/mol. The van der Waals surface area contributed by atoms with Crippen LogP contribution in [-0.4, -0.2) is 14.4 Å². The molecule has 3 N–H and O–H groups in total. The third kappa shape index (κ3) is 4.89. The van der Waals surface area contributed by atoms with Gasteiger partial charge in [-0.05, 0) is 50.2 Å². The molecule has 0 radical (unpaired) electrons. The van der Waals surface area contributed by atoms with Crippen molar-refractivity contribution in [3.05, 3.63) is 83.9 Å². The first-order valence-corrected chi connectivity index (χ1v) is 10.1. The quantitative estimate of drug-likeness (QED) is 0.583. The lowest BCUT2D eigenvalue weighted by Crippen LogP contribution is -2.21. The number of hydrogen-bond donors (Lipinski definition) is 3. The Labute approximate surface area is 164 Å². The number of rotatable bonds is 5. The van der Waals surface area contributed by atoms with Crippen molar-refractivity contribution < 1.29 is 13.2 Å². The minimum absolute atomic E-state index is 0.150. The van der Waals surface area contributed by atoms with Gasteiger partial charge in [-0.25, -0.2) is 13.2 Å². The van der Waals surface area contributed by atoms with Crippen molar-refractivity contribution in [3.63, 3.8) is 0 Å². The highest BCUT2D eigenvalue weighted by Gasteiger charge is 2.16. The van der Waals surface area contributed by atoms with E-state index in [9.17, 15) is 13.2 Å². The first-order chi connectivity index (χ1) is 13.3. The molecular formula is C21H21N3O3S. The lowest BCUT2D eigenvalue weighted by atomic mass is 10.2. The molecule has 144 valence electrons. The second-order valence-electron chi connectivity index (χ2n) is 6.41. The molecule has 3 aromatic carbocycles. The largest absolute Gasteiger partial charge is 0.323 e. The predicted octanol–water partition coefficient (Wildman–Crippen LogP) is 4.75. The van der Waals surface area contributed by atoms with Gasteiger partial charge in [-0.15, -0.1) is 0 Å². The zero-order chi connectivity index (χ0) is 20.1. The van der Waals surface area contributed by atoms with Crippen LogP contribution in [0.3, 0.4) is 0 Å². The number of sulfonamides is 1. The zero-order valence-electron chi connectivity index (χ0n) is 15.6. The molecule has 0 aliphatic rings. The summed E-state index contributed by atoms with van der Waals surface area (Å²) in [6.07, 6.45) is 0. The molecule has 0 bridgehead atoms. The summed E-state index contributed by atoms with van der Waals surface area (Å²) in [5, 5.41) is 5.40. The van der Waals surface area contributed by atoms with E-state index in [1.165, 1.54) is 12.1 Å². The molecule has 0 saturated carbocycles. The van der Waals surface area contributed by atoms with Crippen LogP contribution in [0.25, 0.3) is 0 Å². The normalized spacial score (nSPS) is 10.9. The van der Waals surface area contributed by atoms with Crippen LogP contribution >= 0.6 is 0 Å². The van der Waals surface area contributed by atoms with Gasteiger partial charge in [0.05, 0.1) is 16.3 Å². The van der Waals surface area contributed by atoms with Crippen LogP contribution in [-0.2, 0) is 10.0 Å². The van der Waals surface area contributed by atoms with E-state index in [0.29, 0.717) is 11.4 Å². The monoisotopic (exact) mass is 395 g/mol. The van der Waals surface area contributed by atoms with Crippen LogP contribution in [0.15, 0.2) is 77.7 Å². The van der Waals surface area contributed by atoms with E-state index in [1.807, 2.05) is 26.0 Å². The fourth-order valence-corrected chi connectivity index (χ4v) is 3.60. The van der Waals surface area contributed by atoms with Crippen LogP contribution in [0.4, 0.5) is 21.9 Å². The Balaban J connectivity index is 1.76. The van der Waals surface area contributed by atoms with Gasteiger partial charge in [-0.3, -0.25) is 4.72 Å². The smallest absolute Gasteiger partial charge is 0.308 e. The molecule has 0 atom stereocenters. The topological polar surface area (TPSA) is 87.3 Å². The number of nitrogens with one attached hydrogen (secondary N) is 3. The van der Waals surface area contributed by atoms with E-state index in [4.69, 9.17) is 0 Å².